The minimum atomic E-state index is -1.19. The van der Waals surface area contributed by atoms with Crippen molar-refractivity contribution in [1.29, 1.82) is 0 Å². The van der Waals surface area contributed by atoms with Gasteiger partial charge in [0.2, 0.25) is 0 Å². The maximum absolute atomic E-state index is 13.7. The molecule has 2 N–H and O–H groups in total. The SMILES string of the molecule is O=C(Nc1scc(-c2cccc(Cl)c2)c1C(=O)O)c1ccccc1F. The van der Waals surface area contributed by atoms with E-state index in [1.165, 1.54) is 24.3 Å². The third-order valence-corrected chi connectivity index (χ3v) is 4.62. The number of rotatable bonds is 4. The molecule has 0 radical (unpaired) electrons. The van der Waals surface area contributed by atoms with Crippen LogP contribution in [0.2, 0.25) is 5.02 Å². The molecule has 1 aromatic heterocycles. The number of carboxylic acid groups (broad SMARTS) is 1. The van der Waals surface area contributed by atoms with Gasteiger partial charge in [0, 0.05) is 16.0 Å². The molecule has 1 heterocycles. The maximum atomic E-state index is 13.7. The highest BCUT2D eigenvalue weighted by atomic mass is 35.5. The van der Waals surface area contributed by atoms with E-state index in [2.05, 4.69) is 5.32 Å². The van der Waals surface area contributed by atoms with Crippen molar-refractivity contribution in [3.8, 4) is 11.1 Å². The number of thiophene rings is 1. The number of carboxylic acids is 1. The second-order valence-electron chi connectivity index (χ2n) is 5.10. The number of amides is 1. The summed E-state index contributed by atoms with van der Waals surface area (Å²) in [5.41, 5.74) is 0.838. The molecule has 3 aromatic rings. The van der Waals surface area contributed by atoms with Gasteiger partial charge in [-0.3, -0.25) is 4.79 Å². The second-order valence-corrected chi connectivity index (χ2v) is 6.42. The van der Waals surface area contributed by atoms with Crippen LogP contribution in [0.15, 0.2) is 53.9 Å². The zero-order valence-corrected chi connectivity index (χ0v) is 14.2. The Balaban J connectivity index is 1.99. The summed E-state index contributed by atoms with van der Waals surface area (Å²) < 4.78 is 13.7. The molecule has 2 aromatic carbocycles. The van der Waals surface area contributed by atoms with Crippen molar-refractivity contribution in [1.82, 2.24) is 0 Å². The van der Waals surface area contributed by atoms with Gasteiger partial charge in [-0.2, -0.15) is 0 Å². The number of nitrogens with one attached hydrogen (secondary N) is 1. The number of aromatic carboxylic acids is 1. The number of hydrogen-bond acceptors (Lipinski definition) is 3. The quantitative estimate of drug-likeness (QED) is 0.662. The molecule has 0 bridgehead atoms. The van der Waals surface area contributed by atoms with Gasteiger partial charge in [-0.25, -0.2) is 9.18 Å². The van der Waals surface area contributed by atoms with E-state index in [1.54, 1.807) is 29.6 Å². The van der Waals surface area contributed by atoms with E-state index in [0.29, 0.717) is 16.1 Å². The summed E-state index contributed by atoms with van der Waals surface area (Å²) in [7, 11) is 0. The number of anilines is 1. The van der Waals surface area contributed by atoms with Crippen LogP contribution in [0.3, 0.4) is 0 Å². The fraction of sp³-hybridized carbons (Fsp3) is 0. The lowest BCUT2D eigenvalue weighted by molar-refractivity contribution is 0.0699. The predicted octanol–water partition coefficient (Wildman–Crippen LogP) is 5.16. The summed E-state index contributed by atoms with van der Waals surface area (Å²) in [5, 5.41) is 14.3. The van der Waals surface area contributed by atoms with Gasteiger partial charge in [0.05, 0.1) is 5.56 Å². The average molecular weight is 376 g/mol. The van der Waals surface area contributed by atoms with Gasteiger partial charge < -0.3 is 10.4 Å². The molecule has 0 aliphatic rings. The largest absolute Gasteiger partial charge is 0.478 e. The van der Waals surface area contributed by atoms with E-state index in [1.807, 2.05) is 0 Å². The molecule has 7 heteroatoms. The topological polar surface area (TPSA) is 66.4 Å². The summed E-state index contributed by atoms with van der Waals surface area (Å²) in [4.78, 5) is 23.9. The third kappa shape index (κ3) is 3.55. The van der Waals surface area contributed by atoms with Crippen molar-refractivity contribution in [2.45, 2.75) is 0 Å². The fourth-order valence-corrected chi connectivity index (χ4v) is 3.49. The van der Waals surface area contributed by atoms with Crippen LogP contribution < -0.4 is 5.32 Å². The highest BCUT2D eigenvalue weighted by Crippen LogP contribution is 2.36. The number of carbonyl (C=O) groups is 2. The first-order chi connectivity index (χ1) is 12.0. The minimum absolute atomic E-state index is 0.0584. The second kappa shape index (κ2) is 7.04. The van der Waals surface area contributed by atoms with E-state index in [-0.39, 0.29) is 16.1 Å². The smallest absolute Gasteiger partial charge is 0.339 e. The van der Waals surface area contributed by atoms with Crippen molar-refractivity contribution in [3.05, 3.63) is 75.9 Å². The summed E-state index contributed by atoms with van der Waals surface area (Å²) in [6, 6.07) is 12.2. The normalized spacial score (nSPS) is 10.5. The van der Waals surface area contributed by atoms with E-state index in [4.69, 9.17) is 11.6 Å². The molecule has 4 nitrogen and oxygen atoms in total. The molecule has 0 unspecified atom stereocenters. The lowest BCUT2D eigenvalue weighted by Gasteiger charge is -2.07. The summed E-state index contributed by atoms with van der Waals surface area (Å²) in [6.07, 6.45) is 0. The Hall–Kier alpha value is -2.70. The predicted molar refractivity (Wildman–Crippen MR) is 96.1 cm³/mol. The lowest BCUT2D eigenvalue weighted by atomic mass is 10.0. The molecule has 0 saturated heterocycles. The maximum Gasteiger partial charge on any atom is 0.339 e. The number of benzene rings is 2. The Morgan fingerprint density at radius 3 is 2.56 bits per heavy atom. The highest BCUT2D eigenvalue weighted by Gasteiger charge is 2.22. The molecule has 0 fully saturated rings. The van der Waals surface area contributed by atoms with Crippen molar-refractivity contribution in [2.24, 2.45) is 0 Å². The molecule has 0 saturated carbocycles. The average Bonchev–Trinajstić information content (AvgIpc) is 2.99. The van der Waals surface area contributed by atoms with Crippen molar-refractivity contribution in [3.63, 3.8) is 0 Å². The van der Waals surface area contributed by atoms with Crippen molar-refractivity contribution < 1.29 is 19.1 Å². The third-order valence-electron chi connectivity index (χ3n) is 3.49. The van der Waals surface area contributed by atoms with Gasteiger partial charge in [0.15, 0.2) is 0 Å². The molecule has 3 rings (SSSR count). The van der Waals surface area contributed by atoms with E-state index in [0.717, 1.165) is 11.3 Å². The van der Waals surface area contributed by atoms with Crippen LogP contribution in [0.4, 0.5) is 9.39 Å². The molecular formula is C18H11ClFNO3S. The molecule has 126 valence electrons. The van der Waals surface area contributed by atoms with Gasteiger partial charge >= 0.3 is 5.97 Å². The van der Waals surface area contributed by atoms with E-state index >= 15 is 0 Å². The minimum Gasteiger partial charge on any atom is -0.478 e. The zero-order valence-electron chi connectivity index (χ0n) is 12.6. The van der Waals surface area contributed by atoms with Crippen LogP contribution in [0, 0.1) is 5.82 Å². The van der Waals surface area contributed by atoms with Gasteiger partial charge in [-0.1, -0.05) is 35.9 Å². The Labute approximate surface area is 151 Å². The van der Waals surface area contributed by atoms with Crippen LogP contribution in [0.25, 0.3) is 11.1 Å². The Morgan fingerprint density at radius 1 is 1.12 bits per heavy atom. The molecule has 0 atom stereocenters. The van der Waals surface area contributed by atoms with Gasteiger partial charge in [-0.15, -0.1) is 11.3 Å². The Morgan fingerprint density at radius 2 is 1.88 bits per heavy atom. The number of halogens is 2. The number of hydrogen-bond donors (Lipinski definition) is 2. The highest BCUT2D eigenvalue weighted by molar-refractivity contribution is 7.15. The lowest BCUT2D eigenvalue weighted by Crippen LogP contribution is -2.15. The van der Waals surface area contributed by atoms with Gasteiger partial charge in [-0.05, 0) is 29.8 Å². The first-order valence-corrected chi connectivity index (χ1v) is 8.39. The van der Waals surface area contributed by atoms with Crippen molar-refractivity contribution >= 4 is 39.8 Å². The first-order valence-electron chi connectivity index (χ1n) is 7.14. The fourth-order valence-electron chi connectivity index (χ4n) is 2.35. The van der Waals surface area contributed by atoms with Crippen LogP contribution in [0.5, 0.6) is 0 Å². The van der Waals surface area contributed by atoms with Crippen LogP contribution in [-0.2, 0) is 0 Å². The van der Waals surface area contributed by atoms with E-state index < -0.39 is 17.7 Å². The summed E-state index contributed by atoms with van der Waals surface area (Å²) in [5.74, 6) is -2.58. The molecule has 0 aliphatic carbocycles. The summed E-state index contributed by atoms with van der Waals surface area (Å²) >= 11 is 7.02. The Bertz CT molecular complexity index is 970. The van der Waals surface area contributed by atoms with Gasteiger partial charge in [0.1, 0.15) is 16.4 Å². The molecule has 25 heavy (non-hydrogen) atoms. The standard InChI is InChI=1S/C18H11ClFNO3S/c19-11-5-3-4-10(8-11)13-9-25-17(15(13)18(23)24)21-16(22)12-6-1-2-7-14(12)20/h1-9H,(H,21,22)(H,23,24). The molecule has 1 amide bonds. The Kier molecular flexibility index (Phi) is 4.83. The van der Waals surface area contributed by atoms with Gasteiger partial charge in [0.25, 0.3) is 5.91 Å². The molecule has 0 spiro atoms. The zero-order chi connectivity index (χ0) is 18.0. The monoisotopic (exact) mass is 375 g/mol. The summed E-state index contributed by atoms with van der Waals surface area (Å²) in [6.45, 7) is 0. The van der Waals surface area contributed by atoms with Crippen molar-refractivity contribution in [2.75, 3.05) is 5.32 Å². The van der Waals surface area contributed by atoms with Crippen LogP contribution >= 0.6 is 22.9 Å². The van der Waals surface area contributed by atoms with Crippen LogP contribution in [-0.4, -0.2) is 17.0 Å². The van der Waals surface area contributed by atoms with Crippen LogP contribution in [0.1, 0.15) is 20.7 Å². The number of carbonyl (C=O) groups excluding carboxylic acids is 1. The van der Waals surface area contributed by atoms with E-state index in [9.17, 15) is 19.1 Å². The molecular weight excluding hydrogens is 365 g/mol. The first kappa shape index (κ1) is 17.1. The molecule has 0 aliphatic heterocycles.